The van der Waals surface area contributed by atoms with Crippen molar-refractivity contribution in [3.05, 3.63) is 41.9 Å². The molecule has 3 rings (SSSR count). The van der Waals surface area contributed by atoms with Crippen molar-refractivity contribution in [3.8, 4) is 0 Å². The Morgan fingerprint density at radius 2 is 1.95 bits per heavy atom. The van der Waals surface area contributed by atoms with Gasteiger partial charge in [-0.3, -0.25) is 0 Å². The number of nitrogens with two attached hydrogens (primary N) is 1. The van der Waals surface area contributed by atoms with Gasteiger partial charge >= 0.3 is 0 Å². The van der Waals surface area contributed by atoms with Crippen LogP contribution in [0.4, 0.5) is 17.2 Å². The van der Waals surface area contributed by atoms with Crippen LogP contribution in [-0.2, 0) is 0 Å². The van der Waals surface area contributed by atoms with Crippen LogP contribution in [0.2, 0.25) is 0 Å². The summed E-state index contributed by atoms with van der Waals surface area (Å²) >= 11 is 0. The molecule has 5 nitrogen and oxygen atoms in total. The first-order valence-corrected chi connectivity index (χ1v) is 5.99. The second kappa shape index (κ2) is 4.28. The molecule has 1 aromatic carbocycles. The zero-order valence-electron chi connectivity index (χ0n) is 10.8. The molecule has 3 aromatic rings. The Balaban J connectivity index is 1.93. The largest absolute Gasteiger partial charge is 0.441 e. The summed E-state index contributed by atoms with van der Waals surface area (Å²) in [4.78, 5) is 8.67. The van der Waals surface area contributed by atoms with Crippen LogP contribution >= 0.6 is 0 Å². The topological polar surface area (TPSA) is 77.0 Å². The van der Waals surface area contributed by atoms with E-state index < -0.39 is 0 Å². The van der Waals surface area contributed by atoms with Crippen LogP contribution in [0.1, 0.15) is 11.6 Å². The average molecular weight is 254 g/mol. The number of aromatic nitrogens is 2. The van der Waals surface area contributed by atoms with Crippen molar-refractivity contribution in [2.45, 2.75) is 13.8 Å². The minimum Gasteiger partial charge on any atom is -0.441 e. The number of hydrogen-bond acceptors (Lipinski definition) is 5. The predicted molar refractivity (Wildman–Crippen MR) is 75.4 cm³/mol. The number of anilines is 3. The van der Waals surface area contributed by atoms with Gasteiger partial charge in [0.05, 0.1) is 11.4 Å². The van der Waals surface area contributed by atoms with E-state index in [4.69, 9.17) is 10.2 Å². The molecule has 0 unspecified atom stereocenters. The van der Waals surface area contributed by atoms with E-state index in [1.54, 1.807) is 0 Å². The molecule has 0 atom stereocenters. The fourth-order valence-electron chi connectivity index (χ4n) is 1.91. The van der Waals surface area contributed by atoms with Gasteiger partial charge in [-0.2, -0.15) is 0 Å². The summed E-state index contributed by atoms with van der Waals surface area (Å²) in [6.45, 7) is 3.71. The predicted octanol–water partition coefficient (Wildman–Crippen LogP) is 3.17. The lowest BCUT2D eigenvalue weighted by atomic mass is 10.2. The van der Waals surface area contributed by atoms with Crippen molar-refractivity contribution in [1.82, 2.24) is 9.97 Å². The summed E-state index contributed by atoms with van der Waals surface area (Å²) in [5, 5.41) is 3.23. The Morgan fingerprint density at radius 1 is 1.11 bits per heavy atom. The molecule has 0 aliphatic heterocycles. The summed E-state index contributed by atoms with van der Waals surface area (Å²) < 4.78 is 5.44. The van der Waals surface area contributed by atoms with Gasteiger partial charge in [-0.1, -0.05) is 0 Å². The zero-order valence-corrected chi connectivity index (χ0v) is 10.8. The van der Waals surface area contributed by atoms with Crippen LogP contribution in [0.15, 0.2) is 34.7 Å². The molecule has 0 aliphatic carbocycles. The Bertz CT molecular complexity index is 748. The molecule has 0 amide bonds. The van der Waals surface area contributed by atoms with Gasteiger partial charge in [-0.25, -0.2) is 9.97 Å². The van der Waals surface area contributed by atoms with Crippen LogP contribution in [0, 0.1) is 13.8 Å². The Labute approximate surface area is 110 Å². The first kappa shape index (κ1) is 11.5. The Kier molecular flexibility index (Phi) is 2.59. The lowest BCUT2D eigenvalue weighted by Gasteiger charge is -2.07. The maximum atomic E-state index is 5.75. The number of nitrogen functional groups attached to an aromatic ring is 1. The number of nitrogens with one attached hydrogen (secondary N) is 1. The van der Waals surface area contributed by atoms with Crippen LogP contribution in [-0.4, -0.2) is 9.97 Å². The minimum absolute atomic E-state index is 0.661. The first-order chi connectivity index (χ1) is 9.11. The molecule has 5 heteroatoms. The molecular weight excluding hydrogens is 240 g/mol. The molecular formula is C14H14N4O. The van der Waals surface area contributed by atoms with Crippen molar-refractivity contribution < 1.29 is 4.42 Å². The van der Waals surface area contributed by atoms with E-state index in [0.29, 0.717) is 11.6 Å². The highest BCUT2D eigenvalue weighted by atomic mass is 16.3. The molecule has 19 heavy (non-hydrogen) atoms. The fraction of sp³-hybridized carbons (Fsp3) is 0.143. The lowest BCUT2D eigenvalue weighted by molar-refractivity contribution is 0.561. The number of nitrogens with zero attached hydrogens (tertiary/aromatic N) is 2. The van der Waals surface area contributed by atoms with Crippen LogP contribution in [0.25, 0.3) is 11.1 Å². The highest BCUT2D eigenvalue weighted by molar-refractivity contribution is 5.78. The normalized spacial score (nSPS) is 10.8. The first-order valence-electron chi connectivity index (χ1n) is 5.99. The molecule has 96 valence electrons. The highest BCUT2D eigenvalue weighted by Gasteiger charge is 2.04. The van der Waals surface area contributed by atoms with E-state index in [1.807, 2.05) is 44.2 Å². The number of pyridine rings is 1. The number of hydrogen-bond donors (Lipinski definition) is 2. The monoisotopic (exact) mass is 254 g/mol. The highest BCUT2D eigenvalue weighted by Crippen LogP contribution is 2.22. The second-order valence-electron chi connectivity index (χ2n) is 4.41. The average Bonchev–Trinajstić information content (AvgIpc) is 2.73. The summed E-state index contributed by atoms with van der Waals surface area (Å²) in [5.41, 5.74) is 9.77. The van der Waals surface area contributed by atoms with Crippen molar-refractivity contribution >= 4 is 28.3 Å². The lowest BCUT2D eigenvalue weighted by Crippen LogP contribution is -1.98. The van der Waals surface area contributed by atoms with Gasteiger partial charge in [-0.05, 0) is 37.3 Å². The van der Waals surface area contributed by atoms with Crippen LogP contribution in [0.3, 0.4) is 0 Å². The molecule has 0 radical (unpaired) electrons. The second-order valence-corrected chi connectivity index (χ2v) is 4.41. The van der Waals surface area contributed by atoms with Crippen molar-refractivity contribution in [1.29, 1.82) is 0 Å². The van der Waals surface area contributed by atoms with Crippen molar-refractivity contribution in [2.75, 3.05) is 11.1 Å². The molecule has 0 aliphatic rings. The number of oxazole rings is 1. The van der Waals surface area contributed by atoms with Crippen molar-refractivity contribution in [3.63, 3.8) is 0 Å². The fourth-order valence-corrected chi connectivity index (χ4v) is 1.91. The molecule has 2 aromatic heterocycles. The van der Waals surface area contributed by atoms with E-state index in [9.17, 15) is 0 Å². The van der Waals surface area contributed by atoms with Gasteiger partial charge in [0, 0.05) is 12.6 Å². The van der Waals surface area contributed by atoms with E-state index >= 15 is 0 Å². The van der Waals surface area contributed by atoms with Gasteiger partial charge in [-0.15, -0.1) is 0 Å². The maximum absolute atomic E-state index is 5.75. The van der Waals surface area contributed by atoms with E-state index in [-0.39, 0.29) is 0 Å². The van der Waals surface area contributed by atoms with Crippen molar-refractivity contribution in [2.24, 2.45) is 0 Å². The maximum Gasteiger partial charge on any atom is 0.192 e. The SMILES string of the molecule is Cc1nc2cc(Nc3ccc(N)c(C)n3)ccc2o1. The third-order valence-electron chi connectivity index (χ3n) is 2.89. The third kappa shape index (κ3) is 2.22. The summed E-state index contributed by atoms with van der Waals surface area (Å²) in [6.07, 6.45) is 0. The molecule has 0 saturated heterocycles. The van der Waals surface area contributed by atoms with Gasteiger partial charge in [0.2, 0.25) is 0 Å². The van der Waals surface area contributed by atoms with Gasteiger partial charge in [0.15, 0.2) is 11.5 Å². The molecule has 2 heterocycles. The van der Waals surface area contributed by atoms with E-state index in [2.05, 4.69) is 15.3 Å². The quantitative estimate of drug-likeness (QED) is 0.734. The Hall–Kier alpha value is -2.56. The number of fused-ring (bicyclic) bond motifs is 1. The Morgan fingerprint density at radius 3 is 2.74 bits per heavy atom. The summed E-state index contributed by atoms with van der Waals surface area (Å²) in [5.74, 6) is 1.42. The van der Waals surface area contributed by atoms with Crippen LogP contribution in [0.5, 0.6) is 0 Å². The van der Waals surface area contributed by atoms with E-state index in [1.165, 1.54) is 0 Å². The van der Waals surface area contributed by atoms with E-state index in [0.717, 1.165) is 28.3 Å². The summed E-state index contributed by atoms with van der Waals surface area (Å²) in [6, 6.07) is 9.44. The smallest absolute Gasteiger partial charge is 0.192 e. The number of aryl methyl sites for hydroxylation is 2. The molecule has 3 N–H and O–H groups in total. The zero-order chi connectivity index (χ0) is 13.4. The molecule has 0 saturated carbocycles. The standard InChI is InChI=1S/C14H14N4O/c1-8-11(15)4-6-14(16-8)18-10-3-5-13-12(7-10)17-9(2)19-13/h3-7H,15H2,1-2H3,(H,16,18). The van der Waals surface area contributed by atoms with Gasteiger partial charge in [0.1, 0.15) is 11.3 Å². The molecule has 0 spiro atoms. The number of benzene rings is 1. The summed E-state index contributed by atoms with van der Waals surface area (Å²) in [7, 11) is 0. The molecule has 0 fully saturated rings. The van der Waals surface area contributed by atoms with Crippen LogP contribution < -0.4 is 11.1 Å². The number of rotatable bonds is 2. The minimum atomic E-state index is 0.661. The van der Waals surface area contributed by atoms with Gasteiger partial charge in [0.25, 0.3) is 0 Å². The molecule has 0 bridgehead atoms. The van der Waals surface area contributed by atoms with Gasteiger partial charge < -0.3 is 15.5 Å². The third-order valence-corrected chi connectivity index (χ3v) is 2.89.